The molecule has 0 saturated carbocycles. The Hall–Kier alpha value is -1.26. The number of hydrogen-bond donors (Lipinski definition) is 2. The number of rotatable bonds is 6. The molecule has 1 aromatic rings. The first-order chi connectivity index (χ1) is 8.38. The van der Waals surface area contributed by atoms with Crippen molar-refractivity contribution in [3.8, 4) is 5.75 Å². The van der Waals surface area contributed by atoms with Gasteiger partial charge in [-0.3, -0.25) is 9.69 Å². The van der Waals surface area contributed by atoms with Crippen LogP contribution in [0, 0.1) is 5.92 Å². The molecule has 0 aromatic heterocycles. The van der Waals surface area contributed by atoms with Crippen LogP contribution in [0.5, 0.6) is 5.75 Å². The molecule has 0 amide bonds. The van der Waals surface area contributed by atoms with Gasteiger partial charge in [-0.15, -0.1) is 0 Å². The van der Waals surface area contributed by atoms with E-state index < -0.39 is 5.97 Å². The monoisotopic (exact) mass is 271 g/mol. The van der Waals surface area contributed by atoms with E-state index in [0.29, 0.717) is 29.6 Å². The predicted molar refractivity (Wildman–Crippen MR) is 70.9 cm³/mol. The highest BCUT2D eigenvalue weighted by Crippen LogP contribution is 2.23. The summed E-state index contributed by atoms with van der Waals surface area (Å²) in [6, 6.07) is 4.78. The van der Waals surface area contributed by atoms with Crippen molar-refractivity contribution in [1.82, 2.24) is 4.90 Å². The number of carbonyl (C=O) groups is 1. The summed E-state index contributed by atoms with van der Waals surface area (Å²) in [7, 11) is 0. The minimum absolute atomic E-state index is 0.0515. The van der Waals surface area contributed by atoms with Gasteiger partial charge in [0.2, 0.25) is 0 Å². The van der Waals surface area contributed by atoms with Gasteiger partial charge in [-0.25, -0.2) is 0 Å². The number of halogens is 1. The van der Waals surface area contributed by atoms with Gasteiger partial charge in [0.05, 0.1) is 6.54 Å². The molecule has 0 unspecified atom stereocenters. The van der Waals surface area contributed by atoms with Crippen LogP contribution < -0.4 is 0 Å². The number of hydrogen-bond acceptors (Lipinski definition) is 3. The van der Waals surface area contributed by atoms with Crippen LogP contribution in [-0.4, -0.2) is 34.2 Å². The lowest BCUT2D eigenvalue weighted by atomic mass is 10.1. The Balaban J connectivity index is 2.81. The molecule has 5 heteroatoms. The molecular formula is C13H18ClNO3. The molecule has 0 atom stereocenters. The molecule has 0 fully saturated rings. The maximum absolute atomic E-state index is 10.8. The van der Waals surface area contributed by atoms with Crippen molar-refractivity contribution < 1.29 is 15.0 Å². The fourth-order valence-electron chi connectivity index (χ4n) is 1.81. The summed E-state index contributed by atoms with van der Waals surface area (Å²) in [4.78, 5) is 12.6. The smallest absolute Gasteiger partial charge is 0.317 e. The van der Waals surface area contributed by atoms with Gasteiger partial charge < -0.3 is 10.2 Å². The lowest BCUT2D eigenvalue weighted by molar-refractivity contribution is -0.138. The third kappa shape index (κ3) is 4.94. The van der Waals surface area contributed by atoms with Gasteiger partial charge in [-0.1, -0.05) is 25.4 Å². The maximum atomic E-state index is 10.8. The number of nitrogens with zero attached hydrogens (tertiary/aromatic N) is 1. The van der Waals surface area contributed by atoms with Gasteiger partial charge >= 0.3 is 5.97 Å². The van der Waals surface area contributed by atoms with E-state index in [9.17, 15) is 9.90 Å². The minimum Gasteiger partial charge on any atom is -0.508 e. The van der Waals surface area contributed by atoms with Crippen molar-refractivity contribution in [1.29, 1.82) is 0 Å². The van der Waals surface area contributed by atoms with Crippen LogP contribution in [0.4, 0.5) is 0 Å². The maximum Gasteiger partial charge on any atom is 0.317 e. The molecule has 0 aliphatic carbocycles. The van der Waals surface area contributed by atoms with E-state index >= 15 is 0 Å². The molecule has 0 heterocycles. The zero-order chi connectivity index (χ0) is 13.7. The summed E-state index contributed by atoms with van der Waals surface area (Å²) >= 11 is 5.87. The highest BCUT2D eigenvalue weighted by molar-refractivity contribution is 6.30. The normalized spacial score (nSPS) is 11.2. The zero-order valence-corrected chi connectivity index (χ0v) is 11.3. The topological polar surface area (TPSA) is 60.8 Å². The van der Waals surface area contributed by atoms with Crippen molar-refractivity contribution in [2.24, 2.45) is 5.92 Å². The molecule has 0 aliphatic heterocycles. The Morgan fingerprint density at radius 1 is 1.44 bits per heavy atom. The average molecular weight is 272 g/mol. The van der Waals surface area contributed by atoms with E-state index in [1.54, 1.807) is 17.0 Å². The molecule has 100 valence electrons. The first kappa shape index (κ1) is 14.8. The van der Waals surface area contributed by atoms with Crippen LogP contribution in [-0.2, 0) is 11.3 Å². The molecule has 0 spiro atoms. The van der Waals surface area contributed by atoms with Crippen LogP contribution in [0.1, 0.15) is 19.4 Å². The number of carboxylic acids is 1. The second-order valence-electron chi connectivity index (χ2n) is 4.73. The van der Waals surface area contributed by atoms with Crippen LogP contribution in [0.3, 0.4) is 0 Å². The summed E-state index contributed by atoms with van der Waals surface area (Å²) in [6.45, 7) is 5.01. The van der Waals surface area contributed by atoms with Crippen LogP contribution in [0.15, 0.2) is 18.2 Å². The lowest BCUT2D eigenvalue weighted by Gasteiger charge is -2.22. The average Bonchev–Trinajstić information content (AvgIpc) is 2.21. The van der Waals surface area contributed by atoms with Crippen LogP contribution >= 0.6 is 11.6 Å². The fourth-order valence-corrected chi connectivity index (χ4v) is 2.01. The van der Waals surface area contributed by atoms with E-state index in [0.717, 1.165) is 0 Å². The van der Waals surface area contributed by atoms with E-state index in [1.807, 2.05) is 13.8 Å². The molecule has 0 aliphatic rings. The Labute approximate surface area is 112 Å². The molecule has 1 aromatic carbocycles. The van der Waals surface area contributed by atoms with Crippen LogP contribution in [0.25, 0.3) is 0 Å². The Kier molecular flexibility index (Phi) is 5.44. The Morgan fingerprint density at radius 2 is 2.11 bits per heavy atom. The molecule has 2 N–H and O–H groups in total. The number of aromatic hydroxyl groups is 1. The molecule has 1 rings (SSSR count). The van der Waals surface area contributed by atoms with Gasteiger partial charge in [-0.2, -0.15) is 0 Å². The number of phenols is 1. The third-order valence-corrected chi connectivity index (χ3v) is 2.65. The van der Waals surface area contributed by atoms with Gasteiger partial charge in [0.1, 0.15) is 5.75 Å². The molecule has 0 saturated heterocycles. The summed E-state index contributed by atoms with van der Waals surface area (Å²) < 4.78 is 0. The van der Waals surface area contributed by atoms with Gasteiger partial charge in [-0.05, 0) is 24.1 Å². The number of phenolic OH excluding ortho intramolecular Hbond substituents is 1. The van der Waals surface area contributed by atoms with Gasteiger partial charge in [0.25, 0.3) is 0 Å². The largest absolute Gasteiger partial charge is 0.508 e. The second kappa shape index (κ2) is 6.61. The van der Waals surface area contributed by atoms with Gasteiger partial charge in [0.15, 0.2) is 0 Å². The van der Waals surface area contributed by atoms with E-state index in [4.69, 9.17) is 16.7 Å². The first-order valence-electron chi connectivity index (χ1n) is 5.80. The first-order valence-corrected chi connectivity index (χ1v) is 6.18. The van der Waals surface area contributed by atoms with Crippen molar-refractivity contribution in [2.45, 2.75) is 20.4 Å². The molecule has 0 bridgehead atoms. The SMILES string of the molecule is CC(C)CN(CC(=O)O)Cc1cc(Cl)ccc1O. The quantitative estimate of drug-likeness (QED) is 0.835. The highest BCUT2D eigenvalue weighted by atomic mass is 35.5. The predicted octanol–water partition coefficient (Wildman–Crippen LogP) is 2.59. The summed E-state index contributed by atoms with van der Waals surface area (Å²) in [5.74, 6) is -0.388. The molecule has 0 radical (unpaired) electrons. The molecular weight excluding hydrogens is 254 g/mol. The van der Waals surface area contributed by atoms with Gasteiger partial charge in [0, 0.05) is 23.7 Å². The summed E-state index contributed by atoms with van der Waals surface area (Å²) in [5.41, 5.74) is 0.643. The van der Waals surface area contributed by atoms with Crippen molar-refractivity contribution in [3.05, 3.63) is 28.8 Å². The second-order valence-corrected chi connectivity index (χ2v) is 5.17. The summed E-state index contributed by atoms with van der Waals surface area (Å²) in [6.07, 6.45) is 0. The van der Waals surface area contributed by atoms with E-state index in [1.165, 1.54) is 6.07 Å². The third-order valence-electron chi connectivity index (χ3n) is 2.42. The number of aliphatic carboxylic acids is 1. The van der Waals surface area contributed by atoms with E-state index in [2.05, 4.69) is 0 Å². The molecule has 4 nitrogen and oxygen atoms in total. The molecule has 18 heavy (non-hydrogen) atoms. The fraction of sp³-hybridized carbons (Fsp3) is 0.462. The lowest BCUT2D eigenvalue weighted by Crippen LogP contribution is -2.32. The Bertz CT molecular complexity index is 421. The summed E-state index contributed by atoms with van der Waals surface area (Å²) in [5, 5.41) is 19.1. The number of carboxylic acid groups (broad SMARTS) is 1. The van der Waals surface area contributed by atoms with Crippen molar-refractivity contribution >= 4 is 17.6 Å². The number of benzene rings is 1. The Morgan fingerprint density at radius 3 is 2.67 bits per heavy atom. The standard InChI is InChI=1S/C13H18ClNO3/c1-9(2)6-15(8-13(17)18)7-10-5-11(14)3-4-12(10)16/h3-5,9,16H,6-8H2,1-2H3,(H,17,18). The van der Waals surface area contributed by atoms with Crippen LogP contribution in [0.2, 0.25) is 5.02 Å². The minimum atomic E-state index is -0.878. The van der Waals surface area contributed by atoms with Crippen molar-refractivity contribution in [2.75, 3.05) is 13.1 Å². The van der Waals surface area contributed by atoms with Crippen molar-refractivity contribution in [3.63, 3.8) is 0 Å². The highest BCUT2D eigenvalue weighted by Gasteiger charge is 2.14. The van der Waals surface area contributed by atoms with E-state index in [-0.39, 0.29) is 12.3 Å². The zero-order valence-electron chi connectivity index (χ0n) is 10.6.